The van der Waals surface area contributed by atoms with Gasteiger partial charge in [0.15, 0.2) is 0 Å². The predicted octanol–water partition coefficient (Wildman–Crippen LogP) is 4.31. The van der Waals surface area contributed by atoms with Gasteiger partial charge in [-0.1, -0.05) is 35.9 Å². The summed E-state index contributed by atoms with van der Waals surface area (Å²) in [6.45, 7) is 0.684. The maximum absolute atomic E-state index is 11.9. The molecule has 0 saturated carbocycles. The van der Waals surface area contributed by atoms with Gasteiger partial charge >= 0.3 is 5.97 Å². The highest BCUT2D eigenvalue weighted by Crippen LogP contribution is 2.20. The number of ether oxygens (including phenoxy) is 1. The van der Waals surface area contributed by atoms with E-state index in [1.807, 2.05) is 30.3 Å². The molecule has 3 rings (SSSR count). The number of aromatic nitrogens is 2. The number of carbonyl (C=O) groups is 1. The zero-order valence-corrected chi connectivity index (χ0v) is 15.5. The summed E-state index contributed by atoms with van der Waals surface area (Å²) >= 11 is 5.89. The second-order valence-corrected chi connectivity index (χ2v) is 6.17. The number of halogens is 1. The summed E-state index contributed by atoms with van der Waals surface area (Å²) in [6, 6.07) is 16.6. The lowest BCUT2D eigenvalue weighted by Crippen LogP contribution is -2.09. The Labute approximate surface area is 162 Å². The smallest absolute Gasteiger partial charge is 0.339 e. The van der Waals surface area contributed by atoms with Crippen LogP contribution >= 0.6 is 11.6 Å². The van der Waals surface area contributed by atoms with Crippen molar-refractivity contribution >= 4 is 35.0 Å². The molecule has 1 heterocycles. The number of methoxy groups -OCH3 is 1. The SMILES string of the molecule is COC(=O)c1ccccc1Nc1ccnc(NCCc2ccc(Cl)cc2)n1. The number of nitrogens with one attached hydrogen (secondary N) is 2. The van der Waals surface area contributed by atoms with Crippen molar-refractivity contribution in [2.24, 2.45) is 0 Å². The van der Waals surface area contributed by atoms with Crippen molar-refractivity contribution in [1.29, 1.82) is 0 Å². The van der Waals surface area contributed by atoms with Crippen LogP contribution in [-0.2, 0) is 11.2 Å². The number of rotatable bonds is 7. The van der Waals surface area contributed by atoms with E-state index in [-0.39, 0.29) is 0 Å². The van der Waals surface area contributed by atoms with Crippen molar-refractivity contribution < 1.29 is 9.53 Å². The maximum atomic E-state index is 11.9. The van der Waals surface area contributed by atoms with Crippen LogP contribution in [0.2, 0.25) is 5.02 Å². The van der Waals surface area contributed by atoms with Crippen LogP contribution in [0.4, 0.5) is 17.5 Å². The van der Waals surface area contributed by atoms with Crippen LogP contribution < -0.4 is 10.6 Å². The molecule has 1 aromatic heterocycles. The van der Waals surface area contributed by atoms with Crippen LogP contribution in [0.15, 0.2) is 60.8 Å². The van der Waals surface area contributed by atoms with Gasteiger partial charge in [-0.3, -0.25) is 0 Å². The summed E-state index contributed by atoms with van der Waals surface area (Å²) < 4.78 is 4.81. The summed E-state index contributed by atoms with van der Waals surface area (Å²) in [5.74, 6) is 0.674. The van der Waals surface area contributed by atoms with Gasteiger partial charge in [0.1, 0.15) is 5.82 Å². The minimum absolute atomic E-state index is 0.409. The summed E-state index contributed by atoms with van der Waals surface area (Å²) in [6.07, 6.45) is 2.48. The van der Waals surface area contributed by atoms with Gasteiger partial charge in [-0.25, -0.2) is 9.78 Å². The fourth-order valence-electron chi connectivity index (χ4n) is 2.50. The molecule has 0 spiro atoms. The third kappa shape index (κ3) is 5.18. The third-order valence-corrected chi connectivity index (χ3v) is 4.11. The molecular weight excluding hydrogens is 364 g/mol. The van der Waals surface area contributed by atoms with E-state index in [0.29, 0.717) is 29.6 Å². The second kappa shape index (κ2) is 9.00. The molecule has 0 aliphatic heterocycles. The number of esters is 1. The minimum Gasteiger partial charge on any atom is -0.465 e. The van der Waals surface area contributed by atoms with E-state index in [9.17, 15) is 4.79 Å². The lowest BCUT2D eigenvalue weighted by atomic mass is 10.1. The molecule has 138 valence electrons. The molecule has 0 aliphatic rings. The topological polar surface area (TPSA) is 76.1 Å². The molecule has 0 aliphatic carbocycles. The number of hydrogen-bond acceptors (Lipinski definition) is 6. The van der Waals surface area contributed by atoms with E-state index < -0.39 is 5.97 Å². The van der Waals surface area contributed by atoms with Gasteiger partial charge in [0.2, 0.25) is 5.95 Å². The van der Waals surface area contributed by atoms with Crippen LogP contribution in [0.5, 0.6) is 0 Å². The van der Waals surface area contributed by atoms with Gasteiger partial charge in [0.05, 0.1) is 18.4 Å². The maximum Gasteiger partial charge on any atom is 0.339 e. The molecular formula is C20H19ClN4O2. The molecule has 0 bridgehead atoms. The van der Waals surface area contributed by atoms with Crippen molar-refractivity contribution in [3.63, 3.8) is 0 Å². The molecule has 0 unspecified atom stereocenters. The normalized spacial score (nSPS) is 10.3. The lowest BCUT2D eigenvalue weighted by molar-refractivity contribution is 0.0602. The number of carbonyl (C=O) groups excluding carboxylic acids is 1. The fraction of sp³-hybridized carbons (Fsp3) is 0.150. The zero-order chi connectivity index (χ0) is 19.1. The van der Waals surface area contributed by atoms with Gasteiger partial charge in [0.25, 0.3) is 0 Å². The van der Waals surface area contributed by atoms with Crippen LogP contribution in [0.25, 0.3) is 0 Å². The Balaban J connectivity index is 1.64. The molecule has 0 fully saturated rings. The fourth-order valence-corrected chi connectivity index (χ4v) is 2.63. The van der Waals surface area contributed by atoms with Crippen LogP contribution in [-0.4, -0.2) is 29.6 Å². The Morgan fingerprint density at radius 3 is 2.67 bits per heavy atom. The summed E-state index contributed by atoms with van der Waals surface area (Å²) in [7, 11) is 1.35. The average molecular weight is 383 g/mol. The van der Waals surface area contributed by atoms with E-state index >= 15 is 0 Å². The highest BCUT2D eigenvalue weighted by Gasteiger charge is 2.11. The molecule has 27 heavy (non-hydrogen) atoms. The highest BCUT2D eigenvalue weighted by molar-refractivity contribution is 6.30. The Kier molecular flexibility index (Phi) is 6.22. The Bertz CT molecular complexity index is 916. The van der Waals surface area contributed by atoms with Crippen molar-refractivity contribution in [2.45, 2.75) is 6.42 Å². The summed E-state index contributed by atoms with van der Waals surface area (Å²) in [5.41, 5.74) is 2.24. The Morgan fingerprint density at radius 2 is 1.89 bits per heavy atom. The monoisotopic (exact) mass is 382 g/mol. The van der Waals surface area contributed by atoms with Crippen LogP contribution in [0.3, 0.4) is 0 Å². The van der Waals surface area contributed by atoms with E-state index in [0.717, 1.165) is 11.4 Å². The first-order valence-electron chi connectivity index (χ1n) is 8.41. The first-order chi connectivity index (χ1) is 13.2. The van der Waals surface area contributed by atoms with E-state index in [2.05, 4.69) is 20.6 Å². The minimum atomic E-state index is -0.409. The molecule has 6 nitrogen and oxygen atoms in total. The highest BCUT2D eigenvalue weighted by atomic mass is 35.5. The number of nitrogens with zero attached hydrogens (tertiary/aromatic N) is 2. The first-order valence-corrected chi connectivity index (χ1v) is 8.79. The molecule has 0 radical (unpaired) electrons. The summed E-state index contributed by atoms with van der Waals surface area (Å²) in [5, 5.41) is 7.05. The largest absolute Gasteiger partial charge is 0.465 e. The molecule has 3 aromatic rings. The average Bonchev–Trinajstić information content (AvgIpc) is 2.70. The molecule has 2 aromatic carbocycles. The lowest BCUT2D eigenvalue weighted by Gasteiger charge is -2.11. The van der Waals surface area contributed by atoms with Crippen LogP contribution in [0.1, 0.15) is 15.9 Å². The quantitative estimate of drug-likeness (QED) is 0.593. The number of hydrogen-bond donors (Lipinski definition) is 2. The van der Waals surface area contributed by atoms with Gasteiger partial charge in [-0.15, -0.1) is 0 Å². The van der Waals surface area contributed by atoms with Gasteiger partial charge in [-0.05, 0) is 42.3 Å². The number of benzene rings is 2. The standard InChI is InChI=1S/C20H19ClN4O2/c1-27-19(26)16-4-2-3-5-17(16)24-18-11-13-23-20(25-18)22-12-10-14-6-8-15(21)9-7-14/h2-9,11,13H,10,12H2,1H3,(H2,22,23,24,25). The predicted molar refractivity (Wildman–Crippen MR) is 107 cm³/mol. The Morgan fingerprint density at radius 1 is 1.11 bits per heavy atom. The van der Waals surface area contributed by atoms with Gasteiger partial charge in [0, 0.05) is 17.8 Å². The zero-order valence-electron chi connectivity index (χ0n) is 14.8. The van der Waals surface area contributed by atoms with Gasteiger partial charge < -0.3 is 15.4 Å². The summed E-state index contributed by atoms with van der Waals surface area (Å²) in [4.78, 5) is 20.5. The number of para-hydroxylation sites is 1. The van der Waals surface area contributed by atoms with Gasteiger partial charge in [-0.2, -0.15) is 4.98 Å². The van der Waals surface area contributed by atoms with Crippen molar-refractivity contribution in [3.05, 3.63) is 76.9 Å². The Hall–Kier alpha value is -3.12. The van der Waals surface area contributed by atoms with Crippen molar-refractivity contribution in [2.75, 3.05) is 24.3 Å². The molecule has 2 N–H and O–H groups in total. The van der Waals surface area contributed by atoms with E-state index in [1.165, 1.54) is 12.7 Å². The first kappa shape index (κ1) is 18.7. The molecule has 0 amide bonds. The van der Waals surface area contributed by atoms with E-state index in [4.69, 9.17) is 16.3 Å². The van der Waals surface area contributed by atoms with Crippen molar-refractivity contribution in [1.82, 2.24) is 9.97 Å². The molecule has 0 saturated heterocycles. The van der Waals surface area contributed by atoms with Crippen molar-refractivity contribution in [3.8, 4) is 0 Å². The number of anilines is 3. The van der Waals surface area contributed by atoms with Crippen LogP contribution in [0, 0.1) is 0 Å². The third-order valence-electron chi connectivity index (χ3n) is 3.86. The molecule has 0 atom stereocenters. The molecule has 7 heteroatoms. The second-order valence-electron chi connectivity index (χ2n) is 5.73. The van der Waals surface area contributed by atoms with E-state index in [1.54, 1.807) is 30.5 Å².